The highest BCUT2D eigenvalue weighted by Crippen LogP contribution is 2.28. The molecule has 0 fully saturated rings. The van der Waals surface area contributed by atoms with Crippen molar-refractivity contribution in [3.05, 3.63) is 118 Å². The van der Waals surface area contributed by atoms with Gasteiger partial charge >= 0.3 is 0 Å². The minimum absolute atomic E-state index is 0.295. The maximum atomic E-state index is 14.6. The van der Waals surface area contributed by atoms with E-state index in [-0.39, 0.29) is 5.78 Å². The Bertz CT molecular complexity index is 1430. The molecular weight excluding hydrogens is 435 g/mol. The number of halogens is 2. The number of allylic oxidation sites excluding steroid dienone is 1. The molecule has 3 aromatic carbocycles. The molecule has 0 amide bonds. The van der Waals surface area contributed by atoms with Crippen LogP contribution >= 0.6 is 11.6 Å². The number of ketones is 1. The largest absolute Gasteiger partial charge is 0.289 e. The molecule has 4 rings (SSSR count). The predicted molar refractivity (Wildman–Crippen MR) is 131 cm³/mol. The Kier molecular flexibility index (Phi) is 6.53. The Labute approximate surface area is 197 Å². The average molecular weight is 455 g/mol. The van der Waals surface area contributed by atoms with Crippen LogP contribution in [0.2, 0.25) is 5.02 Å². The third-order valence-corrected chi connectivity index (χ3v) is 5.43. The van der Waals surface area contributed by atoms with E-state index in [0.29, 0.717) is 21.7 Å². The summed E-state index contributed by atoms with van der Waals surface area (Å²) in [6, 6.07) is 19.4. The lowest BCUT2D eigenvalue weighted by Crippen LogP contribution is -1.97. The highest BCUT2D eigenvalue weighted by Gasteiger charge is 2.13. The van der Waals surface area contributed by atoms with E-state index in [0.717, 1.165) is 22.4 Å². The lowest BCUT2D eigenvalue weighted by Gasteiger charge is -2.05. The predicted octanol–water partition coefficient (Wildman–Crippen LogP) is 6.48. The molecule has 1 heterocycles. The van der Waals surface area contributed by atoms with Gasteiger partial charge in [0.2, 0.25) is 0 Å². The van der Waals surface area contributed by atoms with Gasteiger partial charge in [0.15, 0.2) is 5.78 Å². The van der Waals surface area contributed by atoms with Crippen molar-refractivity contribution in [2.24, 2.45) is 7.05 Å². The highest BCUT2D eigenvalue weighted by atomic mass is 35.5. The van der Waals surface area contributed by atoms with Crippen molar-refractivity contribution in [3.63, 3.8) is 0 Å². The van der Waals surface area contributed by atoms with E-state index in [1.165, 1.54) is 18.2 Å². The van der Waals surface area contributed by atoms with Gasteiger partial charge in [-0.2, -0.15) is 5.10 Å². The van der Waals surface area contributed by atoms with Gasteiger partial charge in [0.1, 0.15) is 5.82 Å². The molecule has 0 N–H and O–H groups in total. The molecule has 0 aliphatic carbocycles. The molecule has 5 heteroatoms. The van der Waals surface area contributed by atoms with Crippen LogP contribution in [0, 0.1) is 24.6 Å². The van der Waals surface area contributed by atoms with Crippen LogP contribution < -0.4 is 0 Å². The molecule has 3 nitrogen and oxygen atoms in total. The van der Waals surface area contributed by atoms with Crippen molar-refractivity contribution in [2.75, 3.05) is 0 Å². The number of rotatable bonds is 4. The van der Waals surface area contributed by atoms with Crippen LogP contribution in [0.3, 0.4) is 0 Å². The van der Waals surface area contributed by atoms with Crippen molar-refractivity contribution in [2.45, 2.75) is 6.92 Å². The lowest BCUT2D eigenvalue weighted by molar-refractivity contribution is 0.104. The zero-order valence-electron chi connectivity index (χ0n) is 18.1. The standard InChI is InChI=1S/C28H20ClFN2O/c1-19-25(18-32(2)31-19)23-12-14-26(29)24(17-23)28(33)15-13-22-11-10-21(16-27(22)30)9-8-20-6-4-3-5-7-20/h3-7,10-18H,1-2H3/b15-13+. The Morgan fingerprint density at radius 3 is 2.48 bits per heavy atom. The quantitative estimate of drug-likeness (QED) is 0.201. The van der Waals surface area contributed by atoms with Crippen LogP contribution in [0.5, 0.6) is 0 Å². The lowest BCUT2D eigenvalue weighted by atomic mass is 10.0. The van der Waals surface area contributed by atoms with Crippen LogP contribution in [0.25, 0.3) is 17.2 Å². The zero-order valence-corrected chi connectivity index (χ0v) is 18.9. The zero-order chi connectivity index (χ0) is 23.4. The number of benzene rings is 3. The van der Waals surface area contributed by atoms with Crippen molar-refractivity contribution >= 4 is 23.5 Å². The molecule has 162 valence electrons. The number of hydrogen-bond donors (Lipinski definition) is 0. The van der Waals surface area contributed by atoms with Crippen LogP contribution in [0.4, 0.5) is 4.39 Å². The summed E-state index contributed by atoms with van der Waals surface area (Å²) in [7, 11) is 1.84. The van der Waals surface area contributed by atoms with Crippen LogP contribution in [-0.2, 0) is 7.05 Å². The topological polar surface area (TPSA) is 34.9 Å². The molecule has 33 heavy (non-hydrogen) atoms. The van der Waals surface area contributed by atoms with E-state index in [9.17, 15) is 9.18 Å². The monoisotopic (exact) mass is 454 g/mol. The fourth-order valence-electron chi connectivity index (χ4n) is 3.43. The van der Waals surface area contributed by atoms with Crippen molar-refractivity contribution in [1.82, 2.24) is 9.78 Å². The summed E-state index contributed by atoms with van der Waals surface area (Å²) >= 11 is 6.28. The van der Waals surface area contributed by atoms with Gasteiger partial charge in [-0.25, -0.2) is 4.39 Å². The van der Waals surface area contributed by atoms with Crippen LogP contribution in [0.15, 0.2) is 79.0 Å². The summed E-state index contributed by atoms with van der Waals surface area (Å²) in [5.41, 5.74) is 4.67. The smallest absolute Gasteiger partial charge is 0.187 e. The van der Waals surface area contributed by atoms with E-state index in [2.05, 4.69) is 16.9 Å². The number of aryl methyl sites for hydroxylation is 2. The molecule has 0 bridgehead atoms. The number of hydrogen-bond acceptors (Lipinski definition) is 2. The second-order valence-electron chi connectivity index (χ2n) is 7.55. The SMILES string of the molecule is Cc1nn(C)cc1-c1ccc(Cl)c(C(=O)/C=C/c2ccc(C#Cc3ccccc3)cc2F)c1. The molecule has 0 aliphatic heterocycles. The third-order valence-electron chi connectivity index (χ3n) is 5.10. The minimum Gasteiger partial charge on any atom is -0.289 e. The Morgan fingerprint density at radius 2 is 1.79 bits per heavy atom. The summed E-state index contributed by atoms with van der Waals surface area (Å²) in [5.74, 6) is 5.19. The Morgan fingerprint density at radius 1 is 1.03 bits per heavy atom. The van der Waals surface area contributed by atoms with E-state index in [1.54, 1.807) is 28.9 Å². The Hall–Kier alpha value is -3.94. The Balaban J connectivity index is 1.55. The molecule has 0 radical (unpaired) electrons. The van der Waals surface area contributed by atoms with E-state index in [4.69, 9.17) is 11.6 Å². The third kappa shape index (κ3) is 5.28. The first-order chi connectivity index (χ1) is 15.9. The van der Waals surface area contributed by atoms with Gasteiger partial charge in [-0.15, -0.1) is 0 Å². The van der Waals surface area contributed by atoms with E-state index >= 15 is 0 Å². The second kappa shape index (κ2) is 9.68. The maximum Gasteiger partial charge on any atom is 0.187 e. The maximum absolute atomic E-state index is 14.6. The van der Waals surface area contributed by atoms with Gasteiger partial charge in [0, 0.05) is 41.1 Å². The summed E-state index contributed by atoms with van der Waals surface area (Å²) in [5, 5.41) is 4.68. The number of carbonyl (C=O) groups is 1. The fraction of sp³-hybridized carbons (Fsp3) is 0.0714. The molecule has 1 aromatic heterocycles. The molecule has 0 spiro atoms. The van der Waals surface area contributed by atoms with E-state index in [1.807, 2.05) is 56.6 Å². The van der Waals surface area contributed by atoms with Crippen molar-refractivity contribution in [3.8, 4) is 23.0 Å². The molecule has 0 unspecified atom stereocenters. The molecule has 4 aromatic rings. The summed E-state index contributed by atoms with van der Waals surface area (Å²) in [4.78, 5) is 12.8. The summed E-state index contributed by atoms with van der Waals surface area (Å²) < 4.78 is 16.3. The average Bonchev–Trinajstić information content (AvgIpc) is 3.15. The molecule has 0 aliphatic rings. The van der Waals surface area contributed by atoms with Gasteiger partial charge in [0.25, 0.3) is 0 Å². The van der Waals surface area contributed by atoms with Crippen molar-refractivity contribution < 1.29 is 9.18 Å². The van der Waals surface area contributed by atoms with Crippen molar-refractivity contribution in [1.29, 1.82) is 0 Å². The van der Waals surface area contributed by atoms with Gasteiger partial charge in [0.05, 0.1) is 10.7 Å². The minimum atomic E-state index is -0.454. The fourth-order valence-corrected chi connectivity index (χ4v) is 3.64. The van der Waals surface area contributed by atoms with Gasteiger partial charge in [-0.1, -0.05) is 53.8 Å². The molecule has 0 saturated heterocycles. The molecule has 0 atom stereocenters. The van der Waals surface area contributed by atoms with Gasteiger partial charge < -0.3 is 0 Å². The molecular formula is C28H20ClFN2O. The van der Waals surface area contributed by atoms with Crippen LogP contribution in [-0.4, -0.2) is 15.6 Å². The first-order valence-corrected chi connectivity index (χ1v) is 10.7. The van der Waals surface area contributed by atoms with Gasteiger partial charge in [-0.05, 0) is 61.0 Å². The summed E-state index contributed by atoms with van der Waals surface area (Å²) in [6.07, 6.45) is 4.67. The van der Waals surface area contributed by atoms with Gasteiger partial charge in [-0.3, -0.25) is 9.48 Å². The highest BCUT2D eigenvalue weighted by molar-refractivity contribution is 6.34. The van der Waals surface area contributed by atoms with E-state index < -0.39 is 5.82 Å². The number of carbonyl (C=O) groups excluding carboxylic acids is 1. The normalized spacial score (nSPS) is 10.8. The second-order valence-corrected chi connectivity index (χ2v) is 7.95. The number of aromatic nitrogens is 2. The molecule has 0 saturated carbocycles. The van der Waals surface area contributed by atoms with Crippen LogP contribution in [0.1, 0.15) is 32.7 Å². The first-order valence-electron chi connectivity index (χ1n) is 10.3. The summed E-state index contributed by atoms with van der Waals surface area (Å²) in [6.45, 7) is 1.90. The number of nitrogens with zero attached hydrogens (tertiary/aromatic N) is 2. The first kappa shape index (κ1) is 22.3.